The van der Waals surface area contributed by atoms with Gasteiger partial charge in [-0.15, -0.1) is 0 Å². The Bertz CT molecular complexity index is 1260. The molecule has 2 heterocycles. The second kappa shape index (κ2) is 12.0. The van der Waals surface area contributed by atoms with Gasteiger partial charge >= 0.3 is 0 Å². The highest BCUT2D eigenvalue weighted by molar-refractivity contribution is 6.31. The maximum atomic E-state index is 15.0. The van der Waals surface area contributed by atoms with Crippen molar-refractivity contribution in [1.82, 2.24) is 15.1 Å². The number of hydrogen-bond acceptors (Lipinski definition) is 4. The Morgan fingerprint density at radius 1 is 1.05 bits per heavy atom. The molecule has 0 saturated carbocycles. The van der Waals surface area contributed by atoms with Crippen molar-refractivity contribution in [2.45, 2.75) is 65.5 Å². The fourth-order valence-electron chi connectivity index (χ4n) is 6.07. The van der Waals surface area contributed by atoms with Gasteiger partial charge in [-0.3, -0.25) is 14.5 Å². The fourth-order valence-corrected chi connectivity index (χ4v) is 6.23. The minimum absolute atomic E-state index is 0.0238. The second-order valence-corrected chi connectivity index (χ2v) is 12.6. The van der Waals surface area contributed by atoms with Crippen LogP contribution in [0.25, 0.3) is 0 Å². The van der Waals surface area contributed by atoms with E-state index in [4.69, 9.17) is 11.6 Å². The SMILES string of the molecule is CC(=O)NC(C)c1cc(C)c(Cl)cc1N1CCN(C(=O)C2CCN(C(C)(C)C)CC2c2ccc(F)cc2F)CC1. The van der Waals surface area contributed by atoms with E-state index < -0.39 is 11.6 Å². The minimum Gasteiger partial charge on any atom is -0.368 e. The molecule has 2 aromatic carbocycles. The number of anilines is 1. The van der Waals surface area contributed by atoms with E-state index in [1.54, 1.807) is 0 Å². The van der Waals surface area contributed by atoms with Crippen LogP contribution >= 0.6 is 11.6 Å². The molecule has 2 saturated heterocycles. The molecule has 2 aliphatic rings. The highest BCUT2D eigenvalue weighted by Crippen LogP contribution is 2.38. The number of likely N-dealkylation sites (tertiary alicyclic amines) is 1. The first-order chi connectivity index (χ1) is 18.8. The molecule has 218 valence electrons. The topological polar surface area (TPSA) is 55.9 Å². The molecule has 3 atom stereocenters. The van der Waals surface area contributed by atoms with E-state index in [-0.39, 0.29) is 35.2 Å². The zero-order chi connectivity index (χ0) is 29.4. The van der Waals surface area contributed by atoms with Crippen LogP contribution in [-0.4, -0.2) is 66.4 Å². The van der Waals surface area contributed by atoms with E-state index in [1.807, 2.05) is 30.9 Å². The number of hydrogen-bond donors (Lipinski definition) is 1. The predicted octanol–water partition coefficient (Wildman–Crippen LogP) is 5.68. The number of nitrogens with one attached hydrogen (secondary N) is 1. The molecule has 2 amide bonds. The highest BCUT2D eigenvalue weighted by Gasteiger charge is 2.41. The number of piperidine rings is 1. The zero-order valence-corrected chi connectivity index (χ0v) is 25.1. The normalized spacial score (nSPS) is 21.3. The van der Waals surface area contributed by atoms with E-state index in [0.29, 0.717) is 49.7 Å². The Morgan fingerprint density at radius 3 is 2.33 bits per heavy atom. The van der Waals surface area contributed by atoms with Crippen LogP contribution in [-0.2, 0) is 9.59 Å². The van der Waals surface area contributed by atoms with Gasteiger partial charge in [-0.2, -0.15) is 0 Å². The van der Waals surface area contributed by atoms with Gasteiger partial charge < -0.3 is 15.1 Å². The Morgan fingerprint density at radius 2 is 1.73 bits per heavy atom. The number of carbonyl (C=O) groups is 2. The number of amides is 2. The third kappa shape index (κ3) is 6.60. The first-order valence-electron chi connectivity index (χ1n) is 14.1. The Kier molecular flexibility index (Phi) is 9.10. The number of piperazine rings is 1. The molecule has 9 heteroatoms. The first kappa shape index (κ1) is 30.3. The molecule has 6 nitrogen and oxygen atoms in total. The van der Waals surface area contributed by atoms with Crippen molar-refractivity contribution in [3.63, 3.8) is 0 Å². The number of aryl methyl sites for hydroxylation is 1. The molecule has 2 fully saturated rings. The number of benzene rings is 2. The quantitative estimate of drug-likeness (QED) is 0.499. The molecule has 0 radical (unpaired) electrons. The summed E-state index contributed by atoms with van der Waals surface area (Å²) in [6.45, 7) is 15.3. The van der Waals surface area contributed by atoms with Crippen molar-refractivity contribution in [1.29, 1.82) is 0 Å². The molecule has 1 N–H and O–H groups in total. The van der Waals surface area contributed by atoms with Crippen molar-refractivity contribution in [3.8, 4) is 0 Å². The molecule has 4 rings (SSSR count). The summed E-state index contributed by atoms with van der Waals surface area (Å²) in [7, 11) is 0. The zero-order valence-electron chi connectivity index (χ0n) is 24.4. The lowest BCUT2D eigenvalue weighted by Crippen LogP contribution is -2.55. The van der Waals surface area contributed by atoms with Gasteiger partial charge in [0.05, 0.1) is 6.04 Å². The van der Waals surface area contributed by atoms with E-state index in [0.717, 1.165) is 29.4 Å². The Labute approximate surface area is 241 Å². The minimum atomic E-state index is -0.618. The van der Waals surface area contributed by atoms with Gasteiger partial charge in [-0.1, -0.05) is 23.7 Å². The molecule has 40 heavy (non-hydrogen) atoms. The third-order valence-electron chi connectivity index (χ3n) is 8.37. The highest BCUT2D eigenvalue weighted by atomic mass is 35.5. The Hall–Kier alpha value is -2.71. The van der Waals surface area contributed by atoms with Crippen molar-refractivity contribution in [2.24, 2.45) is 5.92 Å². The molecule has 3 unspecified atom stereocenters. The van der Waals surface area contributed by atoms with E-state index in [9.17, 15) is 18.4 Å². The van der Waals surface area contributed by atoms with Crippen LogP contribution in [0.4, 0.5) is 14.5 Å². The van der Waals surface area contributed by atoms with Crippen molar-refractivity contribution in [3.05, 3.63) is 63.7 Å². The Balaban J connectivity index is 1.53. The molecule has 0 aromatic heterocycles. The van der Waals surface area contributed by atoms with E-state index in [1.165, 1.54) is 19.1 Å². The van der Waals surface area contributed by atoms with Crippen molar-refractivity contribution in [2.75, 3.05) is 44.2 Å². The smallest absolute Gasteiger partial charge is 0.226 e. The average Bonchev–Trinajstić information content (AvgIpc) is 2.88. The van der Waals surface area contributed by atoms with Crippen LogP contribution in [0, 0.1) is 24.5 Å². The first-order valence-corrected chi connectivity index (χ1v) is 14.4. The van der Waals surface area contributed by atoms with Crippen molar-refractivity contribution >= 4 is 29.1 Å². The predicted molar refractivity (Wildman–Crippen MR) is 156 cm³/mol. The number of nitrogens with zero attached hydrogens (tertiary/aromatic N) is 3. The number of rotatable bonds is 5. The molecule has 2 aromatic rings. The summed E-state index contributed by atoms with van der Waals surface area (Å²) in [5.74, 6) is -2.04. The van der Waals surface area contributed by atoms with Crippen LogP contribution in [0.2, 0.25) is 5.02 Å². The average molecular weight is 575 g/mol. The maximum Gasteiger partial charge on any atom is 0.226 e. The summed E-state index contributed by atoms with van der Waals surface area (Å²) in [6.07, 6.45) is 0.615. The standard InChI is InChI=1S/C31H41ClF2N4O2/c1-19-15-25(20(2)35-21(3)39)29(17-27(19)32)36-11-13-37(14-12-36)30(40)24-9-10-38(31(4,5)6)18-26(24)23-8-7-22(33)16-28(23)34/h7-8,15-17,20,24,26H,9-14,18H2,1-6H3,(H,35,39). The van der Waals surface area contributed by atoms with Crippen LogP contribution in [0.1, 0.15) is 69.7 Å². The summed E-state index contributed by atoms with van der Waals surface area (Å²) in [6, 6.07) is 7.46. The van der Waals surface area contributed by atoms with Gasteiger partial charge in [0, 0.05) is 73.8 Å². The molecule has 0 aliphatic carbocycles. The largest absolute Gasteiger partial charge is 0.368 e. The lowest BCUT2D eigenvalue weighted by atomic mass is 9.78. The lowest BCUT2D eigenvalue weighted by molar-refractivity contribution is -0.138. The van der Waals surface area contributed by atoms with Gasteiger partial charge in [0.15, 0.2) is 0 Å². The summed E-state index contributed by atoms with van der Waals surface area (Å²) >= 11 is 6.50. The van der Waals surface area contributed by atoms with Gasteiger partial charge in [0.2, 0.25) is 11.8 Å². The molecular formula is C31H41ClF2N4O2. The van der Waals surface area contributed by atoms with Crippen LogP contribution in [0.3, 0.4) is 0 Å². The summed E-state index contributed by atoms with van der Waals surface area (Å²) < 4.78 is 28.7. The molecule has 0 spiro atoms. The van der Waals surface area contributed by atoms with E-state index >= 15 is 0 Å². The maximum absolute atomic E-state index is 15.0. The van der Waals surface area contributed by atoms with Gasteiger partial charge in [-0.05, 0) is 76.4 Å². The second-order valence-electron chi connectivity index (χ2n) is 12.2. The molecule has 2 aliphatic heterocycles. The summed E-state index contributed by atoms with van der Waals surface area (Å²) in [5.41, 5.74) is 3.15. The van der Waals surface area contributed by atoms with Crippen LogP contribution < -0.4 is 10.2 Å². The fraction of sp³-hybridized carbons (Fsp3) is 0.548. The molecular weight excluding hydrogens is 534 g/mol. The molecule has 0 bridgehead atoms. The van der Waals surface area contributed by atoms with Crippen molar-refractivity contribution < 1.29 is 18.4 Å². The third-order valence-corrected chi connectivity index (χ3v) is 8.77. The summed E-state index contributed by atoms with van der Waals surface area (Å²) in [5, 5.41) is 3.62. The monoisotopic (exact) mass is 574 g/mol. The van der Waals surface area contributed by atoms with Crippen LogP contribution in [0.15, 0.2) is 30.3 Å². The van der Waals surface area contributed by atoms with Crippen LogP contribution in [0.5, 0.6) is 0 Å². The number of halogens is 3. The van der Waals surface area contributed by atoms with E-state index in [2.05, 4.69) is 35.9 Å². The lowest BCUT2D eigenvalue weighted by Gasteiger charge is -2.46. The van der Waals surface area contributed by atoms with Gasteiger partial charge in [0.25, 0.3) is 0 Å². The summed E-state index contributed by atoms with van der Waals surface area (Å²) in [4.78, 5) is 32.0. The van der Waals surface area contributed by atoms with Gasteiger partial charge in [-0.25, -0.2) is 8.78 Å². The van der Waals surface area contributed by atoms with Gasteiger partial charge in [0.1, 0.15) is 11.6 Å². The number of carbonyl (C=O) groups excluding carboxylic acids is 2.